The summed E-state index contributed by atoms with van der Waals surface area (Å²) in [5.74, 6) is 2.08. The first kappa shape index (κ1) is 21.9. The largest absolute Gasteiger partial charge is 0.497 e. The molecule has 0 spiro atoms. The van der Waals surface area contributed by atoms with E-state index < -0.39 is 10.0 Å². The molecule has 0 aliphatic heterocycles. The van der Waals surface area contributed by atoms with Crippen molar-refractivity contribution in [3.63, 3.8) is 0 Å². The Labute approximate surface area is 194 Å². The van der Waals surface area contributed by atoms with Crippen molar-refractivity contribution in [2.24, 2.45) is 5.92 Å². The topological polar surface area (TPSA) is 93.2 Å². The zero-order valence-electron chi connectivity index (χ0n) is 18.6. The summed E-state index contributed by atoms with van der Waals surface area (Å²) in [4.78, 5) is 9.40. The predicted octanol–water partition coefficient (Wildman–Crippen LogP) is 4.39. The summed E-state index contributed by atoms with van der Waals surface area (Å²) >= 11 is 0. The third kappa shape index (κ3) is 5.02. The zero-order chi connectivity index (χ0) is 22.8. The lowest BCUT2D eigenvalue weighted by Gasteiger charge is -2.25. The Morgan fingerprint density at radius 3 is 2.64 bits per heavy atom. The van der Waals surface area contributed by atoms with Gasteiger partial charge in [-0.05, 0) is 91.6 Å². The van der Waals surface area contributed by atoms with Crippen molar-refractivity contribution in [3.05, 3.63) is 71.5 Å². The van der Waals surface area contributed by atoms with E-state index in [0.717, 1.165) is 49.2 Å². The second kappa shape index (κ2) is 9.11. The molecule has 3 aromatic rings. The minimum atomic E-state index is -3.48. The van der Waals surface area contributed by atoms with Gasteiger partial charge in [0.15, 0.2) is 0 Å². The van der Waals surface area contributed by atoms with E-state index in [4.69, 9.17) is 9.72 Å². The van der Waals surface area contributed by atoms with Crippen LogP contribution in [0.2, 0.25) is 0 Å². The molecule has 7 nitrogen and oxygen atoms in total. The van der Waals surface area contributed by atoms with Gasteiger partial charge in [-0.3, -0.25) is 0 Å². The molecule has 2 aromatic carbocycles. The van der Waals surface area contributed by atoms with Crippen LogP contribution in [0.1, 0.15) is 48.4 Å². The van der Waals surface area contributed by atoms with E-state index in [2.05, 4.69) is 27.2 Å². The Balaban J connectivity index is 1.31. The maximum atomic E-state index is 12.4. The van der Waals surface area contributed by atoms with E-state index in [-0.39, 0.29) is 10.8 Å². The van der Waals surface area contributed by atoms with Gasteiger partial charge in [-0.1, -0.05) is 6.07 Å². The van der Waals surface area contributed by atoms with Gasteiger partial charge in [0, 0.05) is 24.3 Å². The highest BCUT2D eigenvalue weighted by Crippen LogP contribution is 2.37. The number of anilines is 2. The Morgan fingerprint density at radius 1 is 1.06 bits per heavy atom. The van der Waals surface area contributed by atoms with Gasteiger partial charge in [-0.2, -0.15) is 0 Å². The van der Waals surface area contributed by atoms with Gasteiger partial charge in [0.25, 0.3) is 0 Å². The third-order valence-electron chi connectivity index (χ3n) is 6.38. The summed E-state index contributed by atoms with van der Waals surface area (Å²) in [5.41, 5.74) is 4.31. The van der Waals surface area contributed by atoms with Gasteiger partial charge in [-0.25, -0.2) is 23.1 Å². The van der Waals surface area contributed by atoms with E-state index >= 15 is 0 Å². The number of aryl methyl sites for hydroxylation is 1. The first-order valence-electron chi connectivity index (χ1n) is 11.4. The fourth-order valence-corrected chi connectivity index (χ4v) is 5.45. The average Bonchev–Trinajstić information content (AvgIpc) is 3.67. The highest BCUT2D eigenvalue weighted by Gasteiger charge is 2.25. The monoisotopic (exact) mass is 464 g/mol. The van der Waals surface area contributed by atoms with Crippen molar-refractivity contribution in [1.82, 2.24) is 14.7 Å². The van der Waals surface area contributed by atoms with E-state index in [1.807, 2.05) is 12.1 Å². The van der Waals surface area contributed by atoms with Crippen LogP contribution in [-0.2, 0) is 16.4 Å². The van der Waals surface area contributed by atoms with Crippen LogP contribution < -0.4 is 14.8 Å². The van der Waals surface area contributed by atoms with Crippen LogP contribution >= 0.6 is 0 Å². The molecule has 0 bridgehead atoms. The molecule has 0 amide bonds. The van der Waals surface area contributed by atoms with Crippen molar-refractivity contribution in [2.45, 2.75) is 42.9 Å². The molecule has 33 heavy (non-hydrogen) atoms. The summed E-state index contributed by atoms with van der Waals surface area (Å²) in [5, 5.41) is 3.21. The molecule has 172 valence electrons. The summed E-state index contributed by atoms with van der Waals surface area (Å²) < 4.78 is 32.9. The van der Waals surface area contributed by atoms with Crippen molar-refractivity contribution < 1.29 is 13.2 Å². The molecule has 1 saturated carbocycles. The van der Waals surface area contributed by atoms with E-state index in [1.54, 1.807) is 37.6 Å². The molecule has 1 unspecified atom stereocenters. The molecule has 5 rings (SSSR count). The van der Waals surface area contributed by atoms with Gasteiger partial charge >= 0.3 is 0 Å². The van der Waals surface area contributed by atoms with Crippen LogP contribution in [-0.4, -0.2) is 32.0 Å². The number of benzene rings is 2. The van der Waals surface area contributed by atoms with Crippen LogP contribution in [0.15, 0.2) is 59.6 Å². The Morgan fingerprint density at radius 2 is 1.88 bits per heavy atom. The van der Waals surface area contributed by atoms with Crippen LogP contribution in [0.3, 0.4) is 0 Å². The van der Waals surface area contributed by atoms with Gasteiger partial charge in [-0.15, -0.1) is 0 Å². The molecule has 1 fully saturated rings. The zero-order valence-corrected chi connectivity index (χ0v) is 19.4. The molecular weight excluding hydrogens is 436 g/mol. The van der Waals surface area contributed by atoms with E-state index in [0.29, 0.717) is 18.4 Å². The highest BCUT2D eigenvalue weighted by molar-refractivity contribution is 7.89. The number of fused-ring (bicyclic) bond motifs is 1. The lowest BCUT2D eigenvalue weighted by molar-refractivity contribution is 0.413. The van der Waals surface area contributed by atoms with Crippen molar-refractivity contribution >= 4 is 21.7 Å². The minimum absolute atomic E-state index is 0.216. The number of sulfonamides is 1. The van der Waals surface area contributed by atoms with Crippen LogP contribution in [0.4, 0.5) is 11.6 Å². The third-order valence-corrected chi connectivity index (χ3v) is 7.82. The lowest BCUT2D eigenvalue weighted by Crippen LogP contribution is -2.25. The summed E-state index contributed by atoms with van der Waals surface area (Å²) in [6.07, 6.45) is 7.15. The van der Waals surface area contributed by atoms with E-state index in [9.17, 15) is 8.42 Å². The fraction of sp³-hybridized carbons (Fsp3) is 0.360. The number of nitrogens with one attached hydrogen (secondary N) is 2. The molecule has 2 aliphatic carbocycles. The summed E-state index contributed by atoms with van der Waals surface area (Å²) in [7, 11) is -1.79. The Bertz CT molecular complexity index is 1240. The van der Waals surface area contributed by atoms with Crippen molar-refractivity contribution in [2.75, 3.05) is 19.0 Å². The number of rotatable bonds is 8. The predicted molar refractivity (Wildman–Crippen MR) is 127 cm³/mol. The smallest absolute Gasteiger partial charge is 0.240 e. The van der Waals surface area contributed by atoms with Gasteiger partial charge in [0.05, 0.1) is 17.7 Å². The molecule has 2 aliphatic rings. The number of methoxy groups -OCH3 is 1. The number of ether oxygens (including phenoxy) is 1. The molecule has 0 saturated heterocycles. The lowest BCUT2D eigenvalue weighted by atomic mass is 9.81. The standard InChI is InChI=1S/C25H28N4O3S/c1-32-20-9-12-22-18(15-20)3-2-4-23(22)24-13-14-26-25(29-24)28-19-7-10-21(11-8-19)33(30,31)27-16-17-5-6-17/h7-15,17,23,27H,2-6,16H2,1H3,(H,26,28,29). The van der Waals surface area contributed by atoms with Gasteiger partial charge in [0.1, 0.15) is 5.75 Å². The maximum absolute atomic E-state index is 12.4. The second-order valence-corrected chi connectivity index (χ2v) is 10.5. The van der Waals surface area contributed by atoms with Crippen LogP contribution in [0, 0.1) is 5.92 Å². The van der Waals surface area contributed by atoms with Crippen LogP contribution in [0.25, 0.3) is 0 Å². The Kier molecular flexibility index (Phi) is 6.03. The number of hydrogen-bond acceptors (Lipinski definition) is 6. The van der Waals surface area contributed by atoms with E-state index in [1.165, 1.54) is 11.1 Å². The molecule has 8 heteroatoms. The Hall–Kier alpha value is -2.97. The number of hydrogen-bond donors (Lipinski definition) is 2. The molecule has 1 atom stereocenters. The quantitative estimate of drug-likeness (QED) is 0.514. The van der Waals surface area contributed by atoms with Crippen molar-refractivity contribution in [3.8, 4) is 5.75 Å². The fourth-order valence-electron chi connectivity index (χ4n) is 4.33. The van der Waals surface area contributed by atoms with Gasteiger partial charge in [0.2, 0.25) is 16.0 Å². The molecule has 1 aromatic heterocycles. The molecule has 1 heterocycles. The first-order valence-corrected chi connectivity index (χ1v) is 12.9. The normalized spacial score (nSPS) is 17.9. The van der Waals surface area contributed by atoms with Gasteiger partial charge < -0.3 is 10.1 Å². The number of nitrogens with zero attached hydrogens (tertiary/aromatic N) is 2. The average molecular weight is 465 g/mol. The highest BCUT2D eigenvalue weighted by atomic mass is 32.2. The summed E-state index contributed by atoms with van der Waals surface area (Å²) in [6.45, 7) is 0.514. The molecular formula is C25H28N4O3S. The van der Waals surface area contributed by atoms with Crippen molar-refractivity contribution in [1.29, 1.82) is 0 Å². The van der Waals surface area contributed by atoms with Crippen LogP contribution in [0.5, 0.6) is 5.75 Å². The minimum Gasteiger partial charge on any atom is -0.497 e. The number of aromatic nitrogens is 2. The second-order valence-electron chi connectivity index (χ2n) is 8.76. The maximum Gasteiger partial charge on any atom is 0.240 e. The SMILES string of the molecule is COc1ccc2c(c1)CCCC2c1ccnc(Nc2ccc(S(=O)(=O)NCC3CC3)cc2)n1. The first-order chi connectivity index (χ1) is 16.0. The molecule has 0 radical (unpaired) electrons. The molecule has 2 N–H and O–H groups in total. The summed E-state index contributed by atoms with van der Waals surface area (Å²) in [6, 6.07) is 14.9.